The van der Waals surface area contributed by atoms with Crippen LogP contribution < -0.4 is 10.1 Å². The van der Waals surface area contributed by atoms with Crippen molar-refractivity contribution in [3.05, 3.63) is 11.2 Å². The number of methoxy groups -OCH3 is 1. The molecule has 0 aromatic carbocycles. The first-order valence-electron chi connectivity index (χ1n) is 4.45. The maximum Gasteiger partial charge on any atom is 0.318 e. The zero-order chi connectivity index (χ0) is 11.5. The van der Waals surface area contributed by atoms with Crippen LogP contribution in [0.25, 0.3) is 0 Å². The molecule has 0 amide bonds. The first-order valence-corrected chi connectivity index (χ1v) is 4.83. The third-order valence-corrected chi connectivity index (χ3v) is 1.87. The molecule has 15 heavy (non-hydrogen) atoms. The Hall–Kier alpha value is -1.07. The van der Waals surface area contributed by atoms with Crippen LogP contribution in [0.5, 0.6) is 6.01 Å². The molecule has 0 saturated heterocycles. The van der Waals surface area contributed by atoms with E-state index in [1.54, 1.807) is 13.8 Å². The van der Waals surface area contributed by atoms with Gasteiger partial charge in [0, 0.05) is 6.54 Å². The molecule has 0 aliphatic heterocycles. The molecule has 5 nitrogen and oxygen atoms in total. The lowest BCUT2D eigenvalue weighted by Gasteiger charge is -2.18. The van der Waals surface area contributed by atoms with Gasteiger partial charge in [-0.1, -0.05) is 11.6 Å². The summed E-state index contributed by atoms with van der Waals surface area (Å²) in [5.74, 6) is 0.450. The fourth-order valence-corrected chi connectivity index (χ4v) is 1.03. The minimum Gasteiger partial charge on any atom is -0.467 e. The van der Waals surface area contributed by atoms with E-state index < -0.39 is 5.60 Å². The van der Waals surface area contributed by atoms with Gasteiger partial charge in [-0.25, -0.2) is 4.98 Å². The van der Waals surface area contributed by atoms with Crippen LogP contribution in [0.2, 0.25) is 5.02 Å². The molecule has 0 fully saturated rings. The van der Waals surface area contributed by atoms with Crippen LogP contribution in [0.4, 0.5) is 5.82 Å². The van der Waals surface area contributed by atoms with E-state index in [9.17, 15) is 5.11 Å². The Morgan fingerprint density at radius 2 is 2.27 bits per heavy atom. The van der Waals surface area contributed by atoms with E-state index in [0.717, 1.165) is 0 Å². The first-order chi connectivity index (χ1) is 6.92. The monoisotopic (exact) mass is 231 g/mol. The second kappa shape index (κ2) is 4.63. The van der Waals surface area contributed by atoms with Crippen LogP contribution in [0.15, 0.2) is 6.20 Å². The van der Waals surface area contributed by atoms with Crippen molar-refractivity contribution >= 4 is 17.4 Å². The largest absolute Gasteiger partial charge is 0.467 e. The molecule has 0 aliphatic rings. The lowest BCUT2D eigenvalue weighted by Crippen LogP contribution is -2.29. The molecule has 0 spiro atoms. The van der Waals surface area contributed by atoms with Gasteiger partial charge in [-0.15, -0.1) is 0 Å². The van der Waals surface area contributed by atoms with E-state index in [1.807, 2.05) is 0 Å². The SMILES string of the molecule is COc1ncc(Cl)c(NCC(C)(C)O)n1. The molecule has 0 radical (unpaired) electrons. The van der Waals surface area contributed by atoms with Crippen LogP contribution >= 0.6 is 11.6 Å². The minimum absolute atomic E-state index is 0.234. The smallest absolute Gasteiger partial charge is 0.318 e. The summed E-state index contributed by atoms with van der Waals surface area (Å²) in [5, 5.41) is 12.8. The Morgan fingerprint density at radius 1 is 1.60 bits per heavy atom. The molecule has 2 N–H and O–H groups in total. The number of aliphatic hydroxyl groups is 1. The molecule has 0 saturated carbocycles. The highest BCUT2D eigenvalue weighted by atomic mass is 35.5. The summed E-state index contributed by atoms with van der Waals surface area (Å²) in [5.41, 5.74) is -0.832. The summed E-state index contributed by atoms with van der Waals surface area (Å²) in [6, 6.07) is 0.234. The average molecular weight is 232 g/mol. The van der Waals surface area contributed by atoms with Crippen molar-refractivity contribution in [3.8, 4) is 6.01 Å². The maximum atomic E-state index is 9.52. The fourth-order valence-electron chi connectivity index (χ4n) is 0.873. The van der Waals surface area contributed by atoms with E-state index in [1.165, 1.54) is 13.3 Å². The molecule has 0 bridgehead atoms. The van der Waals surface area contributed by atoms with Gasteiger partial charge in [0.05, 0.1) is 18.9 Å². The summed E-state index contributed by atoms with van der Waals surface area (Å²) < 4.78 is 4.86. The molecule has 1 heterocycles. The normalized spacial score (nSPS) is 11.3. The van der Waals surface area contributed by atoms with E-state index in [2.05, 4.69) is 15.3 Å². The van der Waals surface area contributed by atoms with Gasteiger partial charge in [0.15, 0.2) is 5.82 Å². The fraction of sp³-hybridized carbons (Fsp3) is 0.556. The van der Waals surface area contributed by atoms with Gasteiger partial charge in [0.25, 0.3) is 0 Å². The van der Waals surface area contributed by atoms with Crippen molar-refractivity contribution in [3.63, 3.8) is 0 Å². The molecule has 1 aromatic rings. The van der Waals surface area contributed by atoms with E-state index in [4.69, 9.17) is 16.3 Å². The Bertz CT molecular complexity index is 339. The van der Waals surface area contributed by atoms with Crippen molar-refractivity contribution in [1.29, 1.82) is 0 Å². The Kier molecular flexibility index (Phi) is 3.71. The Labute approximate surface area is 93.5 Å². The van der Waals surface area contributed by atoms with Crippen molar-refractivity contribution in [2.75, 3.05) is 19.0 Å². The number of rotatable bonds is 4. The second-order valence-electron chi connectivity index (χ2n) is 3.72. The lowest BCUT2D eigenvalue weighted by molar-refractivity contribution is 0.0944. The van der Waals surface area contributed by atoms with Gasteiger partial charge >= 0.3 is 6.01 Å². The highest BCUT2D eigenvalue weighted by molar-refractivity contribution is 6.32. The van der Waals surface area contributed by atoms with Gasteiger partial charge in [-0.2, -0.15) is 4.98 Å². The first kappa shape index (κ1) is 12.0. The number of nitrogens with one attached hydrogen (secondary N) is 1. The summed E-state index contributed by atoms with van der Waals surface area (Å²) in [7, 11) is 1.48. The van der Waals surface area contributed by atoms with Crippen molar-refractivity contribution in [2.24, 2.45) is 0 Å². The quantitative estimate of drug-likeness (QED) is 0.818. The van der Waals surface area contributed by atoms with Crippen molar-refractivity contribution in [1.82, 2.24) is 9.97 Å². The highest BCUT2D eigenvalue weighted by Gasteiger charge is 2.14. The van der Waals surface area contributed by atoms with Gasteiger partial charge < -0.3 is 15.2 Å². The highest BCUT2D eigenvalue weighted by Crippen LogP contribution is 2.20. The summed E-state index contributed by atoms with van der Waals surface area (Å²) in [6.07, 6.45) is 1.44. The topological polar surface area (TPSA) is 67.3 Å². The second-order valence-corrected chi connectivity index (χ2v) is 4.13. The van der Waals surface area contributed by atoms with Crippen LogP contribution in [0.1, 0.15) is 13.8 Å². The van der Waals surface area contributed by atoms with Crippen LogP contribution in [-0.4, -0.2) is 34.3 Å². The number of halogens is 1. The third-order valence-electron chi connectivity index (χ3n) is 1.59. The Balaban J connectivity index is 2.75. The van der Waals surface area contributed by atoms with E-state index in [-0.39, 0.29) is 6.01 Å². The lowest BCUT2D eigenvalue weighted by atomic mass is 10.1. The zero-order valence-corrected chi connectivity index (χ0v) is 9.67. The van der Waals surface area contributed by atoms with Crippen LogP contribution in [0.3, 0.4) is 0 Å². The van der Waals surface area contributed by atoms with Gasteiger partial charge in [-0.05, 0) is 13.8 Å². The van der Waals surface area contributed by atoms with Gasteiger partial charge in [-0.3, -0.25) is 0 Å². The summed E-state index contributed by atoms with van der Waals surface area (Å²) in [4.78, 5) is 7.84. The molecular formula is C9H14ClN3O2. The number of ether oxygens (including phenoxy) is 1. The number of anilines is 1. The summed E-state index contributed by atoms with van der Waals surface area (Å²) >= 11 is 5.86. The number of aromatic nitrogens is 2. The molecule has 0 atom stereocenters. The molecule has 1 aromatic heterocycles. The molecular weight excluding hydrogens is 218 g/mol. The number of hydrogen-bond donors (Lipinski definition) is 2. The number of nitrogens with zero attached hydrogens (tertiary/aromatic N) is 2. The van der Waals surface area contributed by atoms with Crippen molar-refractivity contribution < 1.29 is 9.84 Å². The van der Waals surface area contributed by atoms with Crippen molar-refractivity contribution in [2.45, 2.75) is 19.4 Å². The molecule has 0 aliphatic carbocycles. The number of hydrogen-bond acceptors (Lipinski definition) is 5. The van der Waals surface area contributed by atoms with Gasteiger partial charge in [0.2, 0.25) is 0 Å². The van der Waals surface area contributed by atoms with E-state index in [0.29, 0.717) is 17.4 Å². The molecule has 1 rings (SSSR count). The van der Waals surface area contributed by atoms with Gasteiger partial charge in [0.1, 0.15) is 5.02 Å². The zero-order valence-electron chi connectivity index (χ0n) is 8.91. The standard InChI is InChI=1S/C9H14ClN3O2/c1-9(2,14)5-12-7-6(10)4-11-8(13-7)15-3/h4,14H,5H2,1-3H3,(H,11,12,13). The van der Waals surface area contributed by atoms with Crippen LogP contribution in [0, 0.1) is 0 Å². The minimum atomic E-state index is -0.832. The molecule has 0 unspecified atom stereocenters. The maximum absolute atomic E-state index is 9.52. The van der Waals surface area contributed by atoms with E-state index >= 15 is 0 Å². The van der Waals surface area contributed by atoms with Crippen LogP contribution in [-0.2, 0) is 0 Å². The Morgan fingerprint density at radius 3 is 2.80 bits per heavy atom. The molecule has 84 valence electrons. The predicted molar refractivity (Wildman–Crippen MR) is 58.4 cm³/mol. The average Bonchev–Trinajstić information content (AvgIpc) is 2.15. The molecule has 6 heteroatoms. The predicted octanol–water partition coefficient (Wildman–Crippen LogP) is 1.32. The summed E-state index contributed by atoms with van der Waals surface area (Å²) in [6.45, 7) is 3.71. The third kappa shape index (κ3) is 3.89.